The lowest BCUT2D eigenvalue weighted by atomic mass is 10.3. The zero-order chi connectivity index (χ0) is 13.5. The van der Waals surface area contributed by atoms with Gasteiger partial charge in [-0.05, 0) is 18.2 Å². The van der Waals surface area contributed by atoms with Crippen molar-refractivity contribution in [2.24, 2.45) is 16.6 Å². The van der Waals surface area contributed by atoms with Crippen molar-refractivity contribution in [2.45, 2.75) is 0 Å². The SMILES string of the molecule is NC(=O)CO/N=C(\N)COc1ccc(Cl)cc1Cl. The number of amides is 1. The molecular weight excluding hydrogens is 281 g/mol. The maximum absolute atomic E-state index is 10.4. The van der Waals surface area contributed by atoms with E-state index in [9.17, 15) is 4.79 Å². The van der Waals surface area contributed by atoms with Gasteiger partial charge in [-0.2, -0.15) is 0 Å². The minimum Gasteiger partial charge on any atom is -0.484 e. The number of nitrogens with zero attached hydrogens (tertiary/aromatic N) is 1. The topological polar surface area (TPSA) is 99.9 Å². The van der Waals surface area contributed by atoms with E-state index in [0.29, 0.717) is 15.8 Å². The number of halogens is 2. The summed E-state index contributed by atoms with van der Waals surface area (Å²) in [5.74, 6) is -0.190. The van der Waals surface area contributed by atoms with Gasteiger partial charge in [0.2, 0.25) is 0 Å². The first-order chi connectivity index (χ1) is 8.49. The number of hydrogen-bond donors (Lipinski definition) is 2. The van der Waals surface area contributed by atoms with Gasteiger partial charge in [-0.1, -0.05) is 28.4 Å². The standard InChI is InChI=1S/C10H11Cl2N3O3/c11-6-1-2-8(7(12)3-6)17-4-9(13)15-18-5-10(14)16/h1-3H,4-5H2,(H2,13,15)(H2,14,16). The van der Waals surface area contributed by atoms with E-state index in [-0.39, 0.29) is 19.0 Å². The van der Waals surface area contributed by atoms with Gasteiger partial charge >= 0.3 is 0 Å². The van der Waals surface area contributed by atoms with Crippen molar-refractivity contribution in [3.63, 3.8) is 0 Å². The van der Waals surface area contributed by atoms with Crippen molar-refractivity contribution >= 4 is 34.9 Å². The van der Waals surface area contributed by atoms with Crippen LogP contribution in [0.15, 0.2) is 23.4 Å². The van der Waals surface area contributed by atoms with Crippen LogP contribution in [0.1, 0.15) is 0 Å². The molecule has 0 fully saturated rings. The summed E-state index contributed by atoms with van der Waals surface area (Å²) in [6.45, 7) is -0.386. The molecule has 0 heterocycles. The highest BCUT2D eigenvalue weighted by Crippen LogP contribution is 2.27. The van der Waals surface area contributed by atoms with Crippen LogP contribution in [0, 0.1) is 0 Å². The predicted molar refractivity (Wildman–Crippen MR) is 68.7 cm³/mol. The Hall–Kier alpha value is -1.66. The number of primary amides is 1. The predicted octanol–water partition coefficient (Wildman–Crippen LogP) is 1.15. The molecule has 1 aromatic carbocycles. The van der Waals surface area contributed by atoms with Crippen molar-refractivity contribution in [2.75, 3.05) is 13.2 Å². The second-order valence-corrected chi connectivity index (χ2v) is 4.03. The first-order valence-corrected chi connectivity index (χ1v) is 5.55. The molecule has 0 radical (unpaired) electrons. The molecule has 0 aromatic heterocycles. The Bertz CT molecular complexity index is 466. The van der Waals surface area contributed by atoms with Crippen LogP contribution in [0.25, 0.3) is 0 Å². The van der Waals surface area contributed by atoms with Crippen molar-refractivity contribution in [3.8, 4) is 5.75 Å². The number of rotatable bonds is 6. The normalized spacial score (nSPS) is 11.1. The number of nitrogens with two attached hydrogens (primary N) is 2. The molecule has 1 aromatic rings. The van der Waals surface area contributed by atoms with E-state index < -0.39 is 5.91 Å². The lowest BCUT2D eigenvalue weighted by Gasteiger charge is -2.07. The highest BCUT2D eigenvalue weighted by Gasteiger charge is 2.03. The number of ether oxygens (including phenoxy) is 1. The minimum absolute atomic E-state index is 0.0416. The second kappa shape index (κ2) is 6.93. The molecule has 0 aliphatic rings. The Balaban J connectivity index is 2.46. The van der Waals surface area contributed by atoms with E-state index in [1.807, 2.05) is 0 Å². The van der Waals surface area contributed by atoms with Gasteiger partial charge in [-0.15, -0.1) is 0 Å². The number of carbonyl (C=O) groups is 1. The highest BCUT2D eigenvalue weighted by atomic mass is 35.5. The Morgan fingerprint density at radius 1 is 1.28 bits per heavy atom. The van der Waals surface area contributed by atoms with Crippen molar-refractivity contribution in [3.05, 3.63) is 28.2 Å². The molecule has 0 aliphatic heterocycles. The Morgan fingerprint density at radius 3 is 2.61 bits per heavy atom. The molecule has 8 heteroatoms. The second-order valence-electron chi connectivity index (χ2n) is 3.19. The molecule has 0 bridgehead atoms. The summed E-state index contributed by atoms with van der Waals surface area (Å²) in [5, 5.41) is 4.28. The molecule has 6 nitrogen and oxygen atoms in total. The molecule has 98 valence electrons. The lowest BCUT2D eigenvalue weighted by molar-refractivity contribution is -0.122. The number of amidine groups is 1. The third-order valence-electron chi connectivity index (χ3n) is 1.66. The van der Waals surface area contributed by atoms with Gasteiger partial charge < -0.3 is 21.0 Å². The number of carbonyl (C=O) groups excluding carboxylic acids is 1. The smallest absolute Gasteiger partial charge is 0.258 e. The van der Waals surface area contributed by atoms with Gasteiger partial charge in [-0.25, -0.2) is 0 Å². The first kappa shape index (κ1) is 14.4. The van der Waals surface area contributed by atoms with E-state index in [1.165, 1.54) is 6.07 Å². The zero-order valence-electron chi connectivity index (χ0n) is 9.23. The summed E-state index contributed by atoms with van der Waals surface area (Å²) >= 11 is 11.6. The van der Waals surface area contributed by atoms with Crippen LogP contribution in [0.4, 0.5) is 0 Å². The fourth-order valence-electron chi connectivity index (χ4n) is 0.949. The van der Waals surface area contributed by atoms with Crippen LogP contribution in [-0.4, -0.2) is 25.0 Å². The van der Waals surface area contributed by atoms with E-state index in [1.54, 1.807) is 12.1 Å². The number of benzene rings is 1. The van der Waals surface area contributed by atoms with E-state index in [2.05, 4.69) is 9.99 Å². The largest absolute Gasteiger partial charge is 0.484 e. The molecule has 18 heavy (non-hydrogen) atoms. The first-order valence-electron chi connectivity index (χ1n) is 4.79. The minimum atomic E-state index is -0.645. The fourth-order valence-corrected chi connectivity index (χ4v) is 1.41. The molecule has 1 amide bonds. The van der Waals surface area contributed by atoms with Crippen molar-refractivity contribution in [1.82, 2.24) is 0 Å². The molecule has 4 N–H and O–H groups in total. The van der Waals surface area contributed by atoms with Gasteiger partial charge in [0.15, 0.2) is 12.4 Å². The molecule has 1 rings (SSSR count). The van der Waals surface area contributed by atoms with E-state index >= 15 is 0 Å². The summed E-state index contributed by atoms with van der Waals surface area (Å²) in [6, 6.07) is 4.76. The van der Waals surface area contributed by atoms with Crippen molar-refractivity contribution < 1.29 is 14.4 Å². The Morgan fingerprint density at radius 2 is 2.00 bits per heavy atom. The average molecular weight is 292 g/mol. The van der Waals surface area contributed by atoms with Gasteiger partial charge in [0.25, 0.3) is 5.91 Å². The summed E-state index contributed by atoms with van der Waals surface area (Å²) < 4.78 is 5.27. The van der Waals surface area contributed by atoms with E-state index in [0.717, 1.165) is 0 Å². The van der Waals surface area contributed by atoms with Crippen molar-refractivity contribution in [1.29, 1.82) is 0 Å². The lowest BCUT2D eigenvalue weighted by Crippen LogP contribution is -2.23. The Kier molecular flexibility index (Phi) is 5.54. The third kappa shape index (κ3) is 5.11. The maximum Gasteiger partial charge on any atom is 0.258 e. The summed E-state index contributed by atoms with van der Waals surface area (Å²) in [4.78, 5) is 14.9. The van der Waals surface area contributed by atoms with Crippen LogP contribution in [-0.2, 0) is 9.63 Å². The molecule has 0 unspecified atom stereocenters. The van der Waals surface area contributed by atoms with Crippen LogP contribution in [0.5, 0.6) is 5.75 Å². The fraction of sp³-hybridized carbons (Fsp3) is 0.200. The van der Waals surface area contributed by atoms with Crippen LogP contribution >= 0.6 is 23.2 Å². The van der Waals surface area contributed by atoms with Crippen LogP contribution in [0.2, 0.25) is 10.0 Å². The van der Waals surface area contributed by atoms with Crippen LogP contribution in [0.3, 0.4) is 0 Å². The highest BCUT2D eigenvalue weighted by molar-refractivity contribution is 6.35. The summed E-state index contributed by atoms with van der Waals surface area (Å²) in [5.41, 5.74) is 10.3. The van der Waals surface area contributed by atoms with Gasteiger partial charge in [0, 0.05) is 5.02 Å². The third-order valence-corrected chi connectivity index (χ3v) is 2.19. The number of hydrogen-bond acceptors (Lipinski definition) is 4. The van der Waals surface area contributed by atoms with Gasteiger partial charge in [-0.3, -0.25) is 4.79 Å². The number of oxime groups is 1. The zero-order valence-corrected chi connectivity index (χ0v) is 10.7. The summed E-state index contributed by atoms with van der Waals surface area (Å²) in [6.07, 6.45) is 0. The molecular formula is C10H11Cl2N3O3. The van der Waals surface area contributed by atoms with Gasteiger partial charge in [0.05, 0.1) is 5.02 Å². The molecule has 0 saturated heterocycles. The monoisotopic (exact) mass is 291 g/mol. The quantitative estimate of drug-likeness (QED) is 0.466. The van der Waals surface area contributed by atoms with Gasteiger partial charge in [0.1, 0.15) is 12.4 Å². The summed E-state index contributed by atoms with van der Waals surface area (Å²) in [7, 11) is 0. The average Bonchev–Trinajstić information content (AvgIpc) is 2.27. The molecule has 0 aliphatic carbocycles. The molecule has 0 atom stereocenters. The van der Waals surface area contributed by atoms with Crippen LogP contribution < -0.4 is 16.2 Å². The molecule has 0 saturated carbocycles. The maximum atomic E-state index is 10.4. The van der Waals surface area contributed by atoms with E-state index in [4.69, 9.17) is 39.4 Å². The molecule has 0 spiro atoms. The Labute approximate surface area is 113 Å².